The number of carbonyl (C=O) groups excluding carboxylic acids is 1. The van der Waals surface area contributed by atoms with E-state index in [4.69, 9.17) is 14.2 Å². The zero-order chi connectivity index (χ0) is 17.8. The molecule has 3 aromatic rings. The smallest absolute Gasteiger partial charge is 0.203 e. The van der Waals surface area contributed by atoms with Gasteiger partial charge in [0.15, 0.2) is 17.3 Å². The quantitative estimate of drug-likeness (QED) is 0.544. The summed E-state index contributed by atoms with van der Waals surface area (Å²) in [6.45, 7) is 0. The van der Waals surface area contributed by atoms with Gasteiger partial charge in [-0.3, -0.25) is 4.79 Å². The van der Waals surface area contributed by atoms with Crippen LogP contribution in [0.3, 0.4) is 0 Å². The van der Waals surface area contributed by atoms with Crippen molar-refractivity contribution in [3.8, 4) is 17.2 Å². The highest BCUT2D eigenvalue weighted by atomic mass is 16.5. The van der Waals surface area contributed by atoms with Crippen LogP contribution < -0.4 is 14.2 Å². The van der Waals surface area contributed by atoms with Crippen LogP contribution in [0, 0.1) is 0 Å². The molecule has 0 spiro atoms. The van der Waals surface area contributed by atoms with E-state index in [1.54, 1.807) is 18.2 Å². The van der Waals surface area contributed by atoms with Gasteiger partial charge >= 0.3 is 0 Å². The van der Waals surface area contributed by atoms with E-state index in [0.717, 1.165) is 16.5 Å². The summed E-state index contributed by atoms with van der Waals surface area (Å²) in [6, 6.07) is 11.2. The van der Waals surface area contributed by atoms with Crippen molar-refractivity contribution in [2.24, 2.45) is 0 Å². The Morgan fingerprint density at radius 2 is 1.72 bits per heavy atom. The molecule has 1 heterocycles. The predicted octanol–water partition coefficient (Wildman–Crippen LogP) is 4.09. The summed E-state index contributed by atoms with van der Waals surface area (Å²) >= 11 is 0. The zero-order valence-corrected chi connectivity index (χ0v) is 14.3. The SMILES string of the molecule is COc1cc(C(=O)/C=C/c2cccc3[nH]ccc23)cc(OC)c1OC. The van der Waals surface area contributed by atoms with Crippen molar-refractivity contribution in [3.63, 3.8) is 0 Å². The molecule has 0 unspecified atom stereocenters. The van der Waals surface area contributed by atoms with Crippen molar-refractivity contribution in [2.45, 2.75) is 0 Å². The molecular formula is C20H19NO4. The van der Waals surface area contributed by atoms with Crippen molar-refractivity contribution in [1.29, 1.82) is 0 Å². The van der Waals surface area contributed by atoms with Gasteiger partial charge in [-0.1, -0.05) is 18.2 Å². The molecule has 0 saturated heterocycles. The molecule has 0 aliphatic carbocycles. The van der Waals surface area contributed by atoms with Crippen LogP contribution in [0.1, 0.15) is 15.9 Å². The molecule has 0 radical (unpaired) electrons. The maximum absolute atomic E-state index is 12.6. The van der Waals surface area contributed by atoms with Gasteiger partial charge in [0.2, 0.25) is 5.75 Å². The second kappa shape index (κ2) is 7.13. The maximum Gasteiger partial charge on any atom is 0.203 e. The fraction of sp³-hybridized carbons (Fsp3) is 0.150. The highest BCUT2D eigenvalue weighted by Gasteiger charge is 2.15. The Morgan fingerprint density at radius 1 is 1.00 bits per heavy atom. The first-order valence-electron chi connectivity index (χ1n) is 7.76. The molecule has 0 aliphatic rings. The number of ether oxygens (including phenoxy) is 3. The molecule has 25 heavy (non-hydrogen) atoms. The van der Waals surface area contributed by atoms with Crippen LogP contribution in [0.25, 0.3) is 17.0 Å². The molecule has 3 rings (SSSR count). The third-order valence-corrected chi connectivity index (χ3v) is 3.99. The Bertz CT molecular complexity index is 915. The summed E-state index contributed by atoms with van der Waals surface area (Å²) in [5.74, 6) is 1.21. The molecule has 5 nitrogen and oxygen atoms in total. The van der Waals surface area contributed by atoms with Crippen LogP contribution in [-0.4, -0.2) is 32.1 Å². The Labute approximate surface area is 145 Å². The van der Waals surface area contributed by atoms with E-state index < -0.39 is 0 Å². The van der Waals surface area contributed by atoms with Crippen molar-refractivity contribution < 1.29 is 19.0 Å². The van der Waals surface area contributed by atoms with Gasteiger partial charge < -0.3 is 19.2 Å². The minimum Gasteiger partial charge on any atom is -0.493 e. The molecule has 1 N–H and O–H groups in total. The predicted molar refractivity (Wildman–Crippen MR) is 97.8 cm³/mol. The molecule has 128 valence electrons. The molecule has 0 amide bonds. The van der Waals surface area contributed by atoms with E-state index in [-0.39, 0.29) is 5.78 Å². The van der Waals surface area contributed by atoms with E-state index in [1.807, 2.05) is 36.5 Å². The molecule has 0 atom stereocenters. The molecule has 0 fully saturated rings. The lowest BCUT2D eigenvalue weighted by atomic mass is 10.1. The fourth-order valence-electron chi connectivity index (χ4n) is 2.74. The third kappa shape index (κ3) is 3.21. The van der Waals surface area contributed by atoms with E-state index in [2.05, 4.69) is 4.98 Å². The van der Waals surface area contributed by atoms with Crippen LogP contribution in [0.4, 0.5) is 0 Å². The summed E-state index contributed by atoms with van der Waals surface area (Å²) in [5, 5.41) is 1.07. The van der Waals surface area contributed by atoms with Gasteiger partial charge in [-0.15, -0.1) is 0 Å². The second-order valence-electron chi connectivity index (χ2n) is 5.40. The number of carbonyl (C=O) groups is 1. The van der Waals surface area contributed by atoms with Crippen molar-refractivity contribution >= 4 is 22.8 Å². The Morgan fingerprint density at radius 3 is 2.36 bits per heavy atom. The maximum atomic E-state index is 12.6. The van der Waals surface area contributed by atoms with Gasteiger partial charge in [0.1, 0.15) is 0 Å². The standard InChI is InChI=1S/C20H19NO4/c1-23-18-11-14(12-19(24-2)20(18)25-3)17(22)8-7-13-5-4-6-16-15(13)9-10-21-16/h4-12,21H,1-3H3/b8-7+. The van der Waals surface area contributed by atoms with E-state index in [0.29, 0.717) is 22.8 Å². The lowest BCUT2D eigenvalue weighted by Gasteiger charge is -2.13. The Balaban J connectivity index is 1.94. The Hall–Kier alpha value is -3.21. The van der Waals surface area contributed by atoms with Gasteiger partial charge in [-0.05, 0) is 35.9 Å². The summed E-state index contributed by atoms with van der Waals surface area (Å²) < 4.78 is 15.9. The average molecular weight is 337 g/mol. The number of allylic oxidation sites excluding steroid dienone is 1. The summed E-state index contributed by atoms with van der Waals surface area (Å²) in [5.41, 5.74) is 2.47. The first-order valence-corrected chi connectivity index (χ1v) is 7.76. The summed E-state index contributed by atoms with van der Waals surface area (Å²) in [4.78, 5) is 15.7. The molecule has 2 aromatic carbocycles. The number of hydrogen-bond acceptors (Lipinski definition) is 4. The second-order valence-corrected chi connectivity index (χ2v) is 5.40. The molecule has 0 aliphatic heterocycles. The van der Waals surface area contributed by atoms with Crippen molar-refractivity contribution in [3.05, 3.63) is 59.8 Å². The van der Waals surface area contributed by atoms with Gasteiger partial charge in [0.25, 0.3) is 0 Å². The average Bonchev–Trinajstić information content (AvgIpc) is 3.14. The normalized spacial score (nSPS) is 11.0. The van der Waals surface area contributed by atoms with Crippen LogP contribution in [-0.2, 0) is 0 Å². The number of hydrogen-bond donors (Lipinski definition) is 1. The number of fused-ring (bicyclic) bond motifs is 1. The van der Waals surface area contributed by atoms with Crippen molar-refractivity contribution in [2.75, 3.05) is 21.3 Å². The minimum absolute atomic E-state index is 0.146. The molecule has 1 aromatic heterocycles. The minimum atomic E-state index is -0.146. The number of H-pyrrole nitrogens is 1. The van der Waals surface area contributed by atoms with Crippen LogP contribution in [0.15, 0.2) is 48.7 Å². The lowest BCUT2D eigenvalue weighted by Crippen LogP contribution is -2.00. The van der Waals surface area contributed by atoms with Crippen molar-refractivity contribution in [1.82, 2.24) is 4.98 Å². The highest BCUT2D eigenvalue weighted by Crippen LogP contribution is 2.38. The van der Waals surface area contributed by atoms with Gasteiger partial charge in [-0.25, -0.2) is 0 Å². The monoisotopic (exact) mass is 337 g/mol. The number of methoxy groups -OCH3 is 3. The number of aromatic amines is 1. The van der Waals surface area contributed by atoms with Crippen LogP contribution >= 0.6 is 0 Å². The fourth-order valence-corrected chi connectivity index (χ4v) is 2.74. The van der Waals surface area contributed by atoms with Gasteiger partial charge in [-0.2, -0.15) is 0 Å². The van der Waals surface area contributed by atoms with Gasteiger partial charge in [0.05, 0.1) is 21.3 Å². The van der Waals surface area contributed by atoms with E-state index >= 15 is 0 Å². The topological polar surface area (TPSA) is 60.6 Å². The summed E-state index contributed by atoms with van der Waals surface area (Å²) in [7, 11) is 4.57. The third-order valence-electron chi connectivity index (χ3n) is 3.99. The van der Waals surface area contributed by atoms with E-state index in [1.165, 1.54) is 21.3 Å². The Kier molecular flexibility index (Phi) is 4.75. The number of ketones is 1. The van der Waals surface area contributed by atoms with E-state index in [9.17, 15) is 4.79 Å². The zero-order valence-electron chi connectivity index (χ0n) is 14.3. The van der Waals surface area contributed by atoms with Crippen LogP contribution in [0.5, 0.6) is 17.2 Å². The van der Waals surface area contributed by atoms with Crippen LogP contribution in [0.2, 0.25) is 0 Å². The lowest BCUT2D eigenvalue weighted by molar-refractivity contribution is 0.104. The highest BCUT2D eigenvalue weighted by molar-refractivity contribution is 6.08. The largest absolute Gasteiger partial charge is 0.493 e. The number of rotatable bonds is 6. The number of nitrogens with one attached hydrogen (secondary N) is 1. The first kappa shape index (κ1) is 16.6. The van der Waals surface area contributed by atoms with Gasteiger partial charge in [0, 0.05) is 22.7 Å². The molecule has 5 heteroatoms. The molecular weight excluding hydrogens is 318 g/mol. The first-order chi connectivity index (χ1) is 12.2. The molecule has 0 saturated carbocycles. The molecule has 0 bridgehead atoms. The number of aromatic nitrogens is 1. The number of benzene rings is 2. The summed E-state index contributed by atoms with van der Waals surface area (Å²) in [6.07, 6.45) is 5.23.